The Hall–Kier alpha value is -5.89. The number of amides is 4. The highest BCUT2D eigenvalue weighted by Crippen LogP contribution is 2.14. The number of carbonyl (C=O) groups is 7. The van der Waals surface area contributed by atoms with Crippen molar-refractivity contribution in [3.63, 3.8) is 0 Å². The Labute approximate surface area is 302 Å². The number of nitrogens with zero attached hydrogens (tertiary/aromatic N) is 1. The molecular weight excluding hydrogens is 672 g/mol. The summed E-state index contributed by atoms with van der Waals surface area (Å²) >= 11 is 0. The van der Waals surface area contributed by atoms with E-state index in [-0.39, 0.29) is 13.0 Å². The van der Waals surface area contributed by atoms with Gasteiger partial charge in [0, 0.05) is 25.3 Å². The van der Waals surface area contributed by atoms with Crippen LogP contribution in [0.1, 0.15) is 48.7 Å². The van der Waals surface area contributed by atoms with Gasteiger partial charge in [0.15, 0.2) is 6.73 Å². The number of ether oxygens (including phenoxy) is 3. The van der Waals surface area contributed by atoms with Gasteiger partial charge in [-0.3, -0.25) is 28.9 Å². The number of esters is 2. The first kappa shape index (κ1) is 40.5. The second-order valence-electron chi connectivity index (χ2n) is 11.8. The number of methoxy groups -OCH3 is 1. The molecule has 0 radical (unpaired) electrons. The predicted octanol–water partition coefficient (Wildman–Crippen LogP) is 2.10. The first-order valence-corrected chi connectivity index (χ1v) is 16.6. The van der Waals surface area contributed by atoms with Crippen LogP contribution >= 0.6 is 0 Å². The SMILES string of the molecule is COC(=O)[C@H](CC=O)N(COC(C)=O)C(=O)[C@H](Cc1ccccc1)NC(=O)[C@H](C)NC(=O)[C@@H](NC(=O)c1ccccc1)[C@@H](C)OCc1ccccc1. The van der Waals surface area contributed by atoms with Crippen molar-refractivity contribution < 1.29 is 47.8 Å². The number of hydrogen-bond acceptors (Lipinski definition) is 10. The van der Waals surface area contributed by atoms with Crippen LogP contribution in [-0.2, 0) is 56.0 Å². The Morgan fingerprint density at radius 3 is 1.90 bits per heavy atom. The van der Waals surface area contributed by atoms with Gasteiger partial charge in [-0.15, -0.1) is 0 Å². The van der Waals surface area contributed by atoms with Crippen molar-refractivity contribution in [2.45, 2.75) is 70.5 Å². The van der Waals surface area contributed by atoms with E-state index in [1.807, 2.05) is 30.3 Å². The molecule has 4 amide bonds. The molecule has 0 aliphatic carbocycles. The van der Waals surface area contributed by atoms with E-state index in [2.05, 4.69) is 16.0 Å². The lowest BCUT2D eigenvalue weighted by Crippen LogP contribution is -2.60. The third kappa shape index (κ3) is 12.5. The fraction of sp³-hybridized carbons (Fsp3) is 0.342. The van der Waals surface area contributed by atoms with Crippen LogP contribution in [0.15, 0.2) is 91.0 Å². The lowest BCUT2D eigenvalue weighted by Gasteiger charge is -2.32. The maximum atomic E-state index is 14.1. The maximum absolute atomic E-state index is 14.1. The van der Waals surface area contributed by atoms with Crippen molar-refractivity contribution in [1.82, 2.24) is 20.9 Å². The Morgan fingerprint density at radius 1 is 0.769 bits per heavy atom. The molecule has 0 heterocycles. The van der Waals surface area contributed by atoms with E-state index < -0.39 is 79.0 Å². The quantitative estimate of drug-likeness (QED) is 0.0943. The summed E-state index contributed by atoms with van der Waals surface area (Å²) < 4.78 is 15.8. The van der Waals surface area contributed by atoms with Gasteiger partial charge in [-0.2, -0.15) is 0 Å². The van der Waals surface area contributed by atoms with E-state index in [4.69, 9.17) is 14.2 Å². The average molecular weight is 717 g/mol. The molecule has 0 aliphatic rings. The molecule has 3 N–H and O–H groups in total. The van der Waals surface area contributed by atoms with Crippen LogP contribution < -0.4 is 16.0 Å². The minimum absolute atomic E-state index is 0.0717. The molecular formula is C38H44N4O10. The van der Waals surface area contributed by atoms with Gasteiger partial charge in [-0.25, -0.2) is 4.79 Å². The summed E-state index contributed by atoms with van der Waals surface area (Å²) in [6, 6.07) is 20.9. The largest absolute Gasteiger partial charge is 0.467 e. The zero-order valence-electron chi connectivity index (χ0n) is 29.5. The summed E-state index contributed by atoms with van der Waals surface area (Å²) in [6.45, 7) is 3.55. The second-order valence-corrected chi connectivity index (χ2v) is 11.8. The molecule has 0 aromatic heterocycles. The van der Waals surface area contributed by atoms with Gasteiger partial charge in [-0.05, 0) is 37.1 Å². The molecule has 3 rings (SSSR count). The third-order valence-electron chi connectivity index (χ3n) is 7.94. The summed E-state index contributed by atoms with van der Waals surface area (Å²) in [5, 5.41) is 7.93. The fourth-order valence-electron chi connectivity index (χ4n) is 5.07. The highest BCUT2D eigenvalue weighted by atomic mass is 16.5. The monoisotopic (exact) mass is 716 g/mol. The van der Waals surface area contributed by atoms with E-state index in [0.29, 0.717) is 17.4 Å². The number of hydrogen-bond donors (Lipinski definition) is 3. The molecule has 3 aromatic rings. The van der Waals surface area contributed by atoms with Crippen molar-refractivity contribution in [3.05, 3.63) is 108 Å². The summed E-state index contributed by atoms with van der Waals surface area (Å²) in [4.78, 5) is 91.3. The molecule has 0 unspecified atom stereocenters. The molecule has 276 valence electrons. The van der Waals surface area contributed by atoms with Crippen LogP contribution in [0, 0.1) is 0 Å². The second kappa shape index (κ2) is 20.7. The average Bonchev–Trinajstić information content (AvgIpc) is 3.15. The summed E-state index contributed by atoms with van der Waals surface area (Å²) in [6.07, 6.45) is -0.982. The molecule has 0 saturated carbocycles. The van der Waals surface area contributed by atoms with Crippen molar-refractivity contribution in [2.24, 2.45) is 0 Å². The maximum Gasteiger partial charge on any atom is 0.329 e. The van der Waals surface area contributed by atoms with Gasteiger partial charge in [0.25, 0.3) is 5.91 Å². The highest BCUT2D eigenvalue weighted by Gasteiger charge is 2.37. The molecule has 52 heavy (non-hydrogen) atoms. The number of rotatable bonds is 19. The van der Waals surface area contributed by atoms with E-state index in [1.54, 1.807) is 67.6 Å². The fourth-order valence-corrected chi connectivity index (χ4v) is 5.07. The Balaban J connectivity index is 1.85. The van der Waals surface area contributed by atoms with Crippen molar-refractivity contribution in [1.29, 1.82) is 0 Å². The molecule has 14 nitrogen and oxygen atoms in total. The summed E-state index contributed by atoms with van der Waals surface area (Å²) in [5.74, 6) is -4.61. The lowest BCUT2D eigenvalue weighted by molar-refractivity contribution is -0.164. The van der Waals surface area contributed by atoms with Gasteiger partial charge in [0.2, 0.25) is 17.7 Å². The Bertz CT molecular complexity index is 1660. The molecule has 5 atom stereocenters. The van der Waals surface area contributed by atoms with Crippen molar-refractivity contribution >= 4 is 41.9 Å². The van der Waals surface area contributed by atoms with Gasteiger partial charge >= 0.3 is 11.9 Å². The van der Waals surface area contributed by atoms with E-state index in [0.717, 1.165) is 24.5 Å². The molecule has 0 aliphatic heterocycles. The van der Waals surface area contributed by atoms with Gasteiger partial charge in [0.1, 0.15) is 30.5 Å². The zero-order valence-corrected chi connectivity index (χ0v) is 29.5. The Morgan fingerprint density at radius 2 is 1.35 bits per heavy atom. The molecule has 0 saturated heterocycles. The lowest BCUT2D eigenvalue weighted by atomic mass is 10.0. The number of benzene rings is 3. The third-order valence-corrected chi connectivity index (χ3v) is 7.94. The van der Waals surface area contributed by atoms with Crippen molar-refractivity contribution in [3.8, 4) is 0 Å². The molecule has 14 heteroatoms. The minimum atomic E-state index is -1.46. The van der Waals surface area contributed by atoms with Crippen molar-refractivity contribution in [2.75, 3.05) is 13.8 Å². The zero-order chi connectivity index (χ0) is 38.0. The molecule has 0 spiro atoms. The number of nitrogens with one attached hydrogen (secondary N) is 3. The molecule has 0 bridgehead atoms. The first-order chi connectivity index (χ1) is 24.9. The van der Waals surface area contributed by atoms with E-state index >= 15 is 0 Å². The highest BCUT2D eigenvalue weighted by molar-refractivity contribution is 5.99. The topological polar surface area (TPSA) is 187 Å². The summed E-state index contributed by atoms with van der Waals surface area (Å²) in [5.41, 5.74) is 1.78. The summed E-state index contributed by atoms with van der Waals surface area (Å²) in [7, 11) is 1.07. The first-order valence-electron chi connectivity index (χ1n) is 16.6. The molecule has 3 aromatic carbocycles. The number of carbonyl (C=O) groups excluding carboxylic acids is 7. The van der Waals surface area contributed by atoms with Crippen LogP contribution in [-0.4, -0.2) is 90.9 Å². The normalized spacial score (nSPS) is 13.5. The van der Waals surface area contributed by atoms with Crippen LogP contribution in [0.4, 0.5) is 0 Å². The van der Waals surface area contributed by atoms with Crippen LogP contribution in [0.2, 0.25) is 0 Å². The Kier molecular flexibility index (Phi) is 16.1. The van der Waals surface area contributed by atoms with E-state index in [1.165, 1.54) is 6.92 Å². The van der Waals surface area contributed by atoms with Gasteiger partial charge < -0.3 is 35.0 Å². The van der Waals surface area contributed by atoms with E-state index in [9.17, 15) is 33.6 Å². The van der Waals surface area contributed by atoms with Crippen LogP contribution in [0.3, 0.4) is 0 Å². The van der Waals surface area contributed by atoms with Crippen LogP contribution in [0.5, 0.6) is 0 Å². The van der Waals surface area contributed by atoms with Crippen LogP contribution in [0.25, 0.3) is 0 Å². The predicted molar refractivity (Wildman–Crippen MR) is 188 cm³/mol. The van der Waals surface area contributed by atoms with Gasteiger partial charge in [0.05, 0.1) is 19.8 Å². The van der Waals surface area contributed by atoms with Gasteiger partial charge in [-0.1, -0.05) is 78.9 Å². The standard InChI is InChI=1S/C38H44N4O10/c1-25(39-36(47)33(41-35(46)30-18-12-7-13-19-30)26(2)51-23-29-16-10-6-11-17-29)34(45)40-31(22-28-14-8-5-9-15-28)37(48)42(24-52-27(3)44)32(20-21-43)38(49)50-4/h5-19,21,25-26,31-33H,20,22-24H2,1-4H3,(H,39,47)(H,40,45)(H,41,46)/t25-,26+,31-,32-,33-/m0/s1. The molecule has 0 fully saturated rings. The minimum Gasteiger partial charge on any atom is -0.467 e. The number of aldehydes is 1. The smallest absolute Gasteiger partial charge is 0.329 e.